The van der Waals surface area contributed by atoms with Gasteiger partial charge in [0, 0.05) is 30.0 Å². The van der Waals surface area contributed by atoms with E-state index in [-0.39, 0.29) is 17.5 Å². The molecule has 33 heavy (non-hydrogen) atoms. The second kappa shape index (κ2) is 8.59. The molecular formula is C24H19FN4O3S. The fourth-order valence-corrected chi connectivity index (χ4v) is 4.22. The van der Waals surface area contributed by atoms with E-state index in [9.17, 15) is 14.0 Å². The molecule has 0 spiro atoms. The zero-order chi connectivity index (χ0) is 22.9. The molecule has 2 aromatic carbocycles. The van der Waals surface area contributed by atoms with Gasteiger partial charge in [-0.05, 0) is 49.2 Å². The van der Waals surface area contributed by atoms with Gasteiger partial charge < -0.3 is 9.73 Å². The second-order valence-corrected chi connectivity index (χ2v) is 8.53. The van der Waals surface area contributed by atoms with Crippen LogP contribution in [0.25, 0.3) is 17.2 Å². The predicted molar refractivity (Wildman–Crippen MR) is 125 cm³/mol. The Morgan fingerprint density at radius 3 is 2.79 bits per heavy atom. The van der Waals surface area contributed by atoms with E-state index >= 15 is 0 Å². The van der Waals surface area contributed by atoms with Crippen molar-refractivity contribution in [2.45, 2.75) is 25.7 Å². The van der Waals surface area contributed by atoms with Gasteiger partial charge in [0.1, 0.15) is 11.3 Å². The molecule has 1 N–H and O–H groups in total. The quantitative estimate of drug-likeness (QED) is 0.375. The molecule has 0 bridgehead atoms. The first kappa shape index (κ1) is 21.0. The fraction of sp³-hybridized carbons (Fsp3) is 0.167. The number of hydrogen-bond acceptors (Lipinski definition) is 6. The van der Waals surface area contributed by atoms with Gasteiger partial charge in [0.05, 0.1) is 11.4 Å². The maximum atomic E-state index is 14.2. The van der Waals surface area contributed by atoms with Crippen molar-refractivity contribution in [1.29, 1.82) is 0 Å². The highest BCUT2D eigenvalue weighted by Gasteiger charge is 2.29. The topological polar surface area (TPSA) is 88.3 Å². The number of rotatable bonds is 6. The van der Waals surface area contributed by atoms with Gasteiger partial charge in [0.15, 0.2) is 16.6 Å². The van der Waals surface area contributed by atoms with Crippen molar-refractivity contribution in [1.82, 2.24) is 9.97 Å². The minimum atomic E-state index is -0.521. The SMILES string of the molecule is CC(=O)N(c1nc(/C=C/C(=O)Nc2ccc3oc(C4CC4)nc3c2)cs1)c1ccccc1F. The standard InChI is InChI=1S/C24H19FN4O3S/c1-14(30)29(20-5-3-2-4-18(20)25)24-27-17(13-33-24)9-11-22(31)26-16-8-10-21-19(12-16)28-23(32-21)15-6-7-15/h2-5,8-13,15H,6-7H2,1H3,(H,26,31)/b11-9+. The molecule has 7 nitrogen and oxygen atoms in total. The number of nitrogens with zero attached hydrogens (tertiary/aromatic N) is 3. The summed E-state index contributed by atoms with van der Waals surface area (Å²) < 4.78 is 19.9. The molecule has 4 aromatic rings. The molecule has 2 amide bonds. The highest BCUT2D eigenvalue weighted by molar-refractivity contribution is 7.14. The van der Waals surface area contributed by atoms with Gasteiger partial charge >= 0.3 is 0 Å². The number of carbonyl (C=O) groups excluding carboxylic acids is 2. The third kappa shape index (κ3) is 4.54. The van der Waals surface area contributed by atoms with Crippen LogP contribution in [0.1, 0.15) is 37.3 Å². The van der Waals surface area contributed by atoms with Crippen LogP contribution in [-0.4, -0.2) is 21.8 Å². The Hall–Kier alpha value is -3.85. The molecule has 0 radical (unpaired) electrons. The molecule has 9 heteroatoms. The van der Waals surface area contributed by atoms with Gasteiger partial charge in [-0.2, -0.15) is 0 Å². The summed E-state index contributed by atoms with van der Waals surface area (Å²) in [7, 11) is 0. The number of aromatic nitrogens is 2. The minimum Gasteiger partial charge on any atom is -0.440 e. The summed E-state index contributed by atoms with van der Waals surface area (Å²) in [6.07, 6.45) is 5.09. The smallest absolute Gasteiger partial charge is 0.248 e. The molecule has 0 atom stereocenters. The van der Waals surface area contributed by atoms with Gasteiger partial charge in [0.2, 0.25) is 11.8 Å². The molecule has 1 aliphatic carbocycles. The van der Waals surface area contributed by atoms with Crippen molar-refractivity contribution in [3.8, 4) is 0 Å². The number of oxazole rings is 1. The summed E-state index contributed by atoms with van der Waals surface area (Å²) in [5.74, 6) is -0.0581. The molecule has 166 valence electrons. The monoisotopic (exact) mass is 462 g/mol. The Morgan fingerprint density at radius 2 is 2.03 bits per heavy atom. The summed E-state index contributed by atoms with van der Waals surface area (Å²) in [6, 6.07) is 11.3. The van der Waals surface area contributed by atoms with Crippen molar-refractivity contribution in [2.24, 2.45) is 0 Å². The van der Waals surface area contributed by atoms with Crippen LogP contribution in [0, 0.1) is 5.82 Å². The van der Waals surface area contributed by atoms with Crippen molar-refractivity contribution in [3.05, 3.63) is 71.3 Å². The van der Waals surface area contributed by atoms with E-state index < -0.39 is 5.82 Å². The number of nitrogens with one attached hydrogen (secondary N) is 1. The van der Waals surface area contributed by atoms with Gasteiger partial charge in [0.25, 0.3) is 0 Å². The first-order valence-corrected chi connectivity index (χ1v) is 11.3. The highest BCUT2D eigenvalue weighted by atomic mass is 32.1. The molecular weight excluding hydrogens is 443 g/mol. The average molecular weight is 463 g/mol. The van der Waals surface area contributed by atoms with Gasteiger partial charge in [-0.25, -0.2) is 14.4 Å². The number of thiazole rings is 1. The van der Waals surface area contributed by atoms with E-state index in [0.29, 0.717) is 33.5 Å². The first-order chi connectivity index (χ1) is 16.0. The number of hydrogen-bond donors (Lipinski definition) is 1. The number of para-hydroxylation sites is 1. The largest absolute Gasteiger partial charge is 0.440 e. The zero-order valence-corrected chi connectivity index (χ0v) is 18.4. The van der Waals surface area contributed by atoms with Gasteiger partial charge in [-0.15, -0.1) is 11.3 Å². The van der Waals surface area contributed by atoms with E-state index in [4.69, 9.17) is 4.42 Å². The van der Waals surface area contributed by atoms with Crippen LogP contribution in [0.5, 0.6) is 0 Å². The number of carbonyl (C=O) groups is 2. The molecule has 0 unspecified atom stereocenters. The molecule has 1 saturated carbocycles. The normalized spacial score (nSPS) is 13.5. The summed E-state index contributed by atoms with van der Waals surface area (Å²) in [5.41, 5.74) is 2.62. The lowest BCUT2D eigenvalue weighted by Crippen LogP contribution is -2.23. The molecule has 1 aliphatic rings. The minimum absolute atomic E-state index is 0.126. The van der Waals surface area contributed by atoms with Gasteiger partial charge in [-0.3, -0.25) is 14.5 Å². The van der Waals surface area contributed by atoms with Crippen LogP contribution >= 0.6 is 11.3 Å². The van der Waals surface area contributed by atoms with Crippen LogP contribution in [0.2, 0.25) is 0 Å². The lowest BCUT2D eigenvalue weighted by atomic mass is 10.3. The third-order valence-corrected chi connectivity index (χ3v) is 5.96. The molecule has 0 saturated heterocycles. The van der Waals surface area contributed by atoms with Crippen molar-refractivity contribution < 1.29 is 18.4 Å². The summed E-state index contributed by atoms with van der Waals surface area (Å²) >= 11 is 1.18. The number of benzene rings is 2. The van der Waals surface area contributed by atoms with Crippen LogP contribution in [0.4, 0.5) is 20.9 Å². The lowest BCUT2D eigenvalue weighted by Gasteiger charge is -2.18. The van der Waals surface area contributed by atoms with Crippen molar-refractivity contribution >= 4 is 56.8 Å². The molecule has 2 heterocycles. The number of fused-ring (bicyclic) bond motifs is 1. The number of halogens is 1. The predicted octanol–water partition coefficient (Wildman–Crippen LogP) is 5.64. The van der Waals surface area contributed by atoms with Crippen LogP contribution in [-0.2, 0) is 9.59 Å². The van der Waals surface area contributed by atoms with E-state index in [1.54, 1.807) is 35.7 Å². The Balaban J connectivity index is 1.28. The van der Waals surface area contributed by atoms with Crippen LogP contribution in [0.15, 0.2) is 58.3 Å². The molecule has 0 aliphatic heterocycles. The summed E-state index contributed by atoms with van der Waals surface area (Å²) in [6.45, 7) is 1.34. The molecule has 1 fully saturated rings. The van der Waals surface area contributed by atoms with E-state index in [1.165, 1.54) is 47.4 Å². The van der Waals surface area contributed by atoms with E-state index in [2.05, 4.69) is 15.3 Å². The van der Waals surface area contributed by atoms with Crippen molar-refractivity contribution in [3.63, 3.8) is 0 Å². The maximum absolute atomic E-state index is 14.2. The van der Waals surface area contributed by atoms with Gasteiger partial charge in [-0.1, -0.05) is 12.1 Å². The van der Waals surface area contributed by atoms with E-state index in [1.807, 2.05) is 0 Å². The zero-order valence-electron chi connectivity index (χ0n) is 17.6. The van der Waals surface area contributed by atoms with Crippen LogP contribution in [0.3, 0.4) is 0 Å². The third-order valence-electron chi connectivity index (χ3n) is 5.11. The molecule has 5 rings (SSSR count). The Kier molecular flexibility index (Phi) is 5.47. The Morgan fingerprint density at radius 1 is 1.21 bits per heavy atom. The average Bonchev–Trinajstić information content (AvgIpc) is 3.39. The lowest BCUT2D eigenvalue weighted by molar-refractivity contribution is -0.116. The number of amides is 2. The Labute approximate surface area is 192 Å². The second-order valence-electron chi connectivity index (χ2n) is 7.69. The summed E-state index contributed by atoms with van der Waals surface area (Å²) in [5, 5.41) is 4.80. The maximum Gasteiger partial charge on any atom is 0.248 e. The first-order valence-electron chi connectivity index (χ1n) is 10.4. The molecule has 2 aromatic heterocycles. The Bertz CT molecular complexity index is 1390. The van der Waals surface area contributed by atoms with Crippen molar-refractivity contribution in [2.75, 3.05) is 10.2 Å². The number of anilines is 3. The highest BCUT2D eigenvalue weighted by Crippen LogP contribution is 2.40. The van der Waals surface area contributed by atoms with Crippen LogP contribution < -0.4 is 10.2 Å². The fourth-order valence-electron chi connectivity index (χ4n) is 3.37. The summed E-state index contributed by atoms with van der Waals surface area (Å²) in [4.78, 5) is 34.6. The van der Waals surface area contributed by atoms with E-state index in [0.717, 1.165) is 18.7 Å².